The van der Waals surface area contributed by atoms with Crippen LogP contribution < -0.4 is 5.32 Å². The van der Waals surface area contributed by atoms with Gasteiger partial charge in [0.15, 0.2) is 5.69 Å². The molecule has 0 fully saturated rings. The predicted molar refractivity (Wildman–Crippen MR) is 112 cm³/mol. The summed E-state index contributed by atoms with van der Waals surface area (Å²) in [7, 11) is 0. The van der Waals surface area contributed by atoms with Crippen molar-refractivity contribution in [2.45, 2.75) is 47.0 Å². The fourth-order valence-corrected chi connectivity index (χ4v) is 3.49. The Bertz CT molecular complexity index is 1150. The Morgan fingerprint density at radius 2 is 1.84 bits per heavy atom. The Morgan fingerprint density at radius 1 is 1.16 bits per heavy atom. The molecule has 0 aliphatic carbocycles. The molecule has 1 aromatic carbocycles. The number of carbonyl (C=O) groups is 1. The second kappa shape index (κ2) is 8.93. The van der Waals surface area contributed by atoms with E-state index >= 15 is 0 Å². The van der Waals surface area contributed by atoms with Crippen molar-refractivity contribution in [1.29, 1.82) is 0 Å². The lowest BCUT2D eigenvalue weighted by Crippen LogP contribution is -2.26. The predicted octanol–water partition coefficient (Wildman–Crippen LogP) is 5.14. The SMILES string of the molecule is Cc1nn(Cc2ccc(F)cc2Cl)c(C)c1NC(=O)C(C)Cn1nc(C(F)(F)F)cc1C. The summed E-state index contributed by atoms with van der Waals surface area (Å²) in [4.78, 5) is 12.7. The zero-order valence-electron chi connectivity index (χ0n) is 17.9. The molecule has 172 valence electrons. The van der Waals surface area contributed by atoms with Crippen molar-refractivity contribution in [3.05, 3.63) is 63.4 Å². The first kappa shape index (κ1) is 23.8. The van der Waals surface area contributed by atoms with E-state index in [1.807, 2.05) is 0 Å². The number of anilines is 1. The number of aryl methyl sites for hydroxylation is 2. The van der Waals surface area contributed by atoms with Crippen LogP contribution in [-0.4, -0.2) is 25.5 Å². The minimum Gasteiger partial charge on any atom is -0.323 e. The molecule has 6 nitrogen and oxygen atoms in total. The smallest absolute Gasteiger partial charge is 0.323 e. The van der Waals surface area contributed by atoms with Gasteiger partial charge in [-0.15, -0.1) is 0 Å². The standard InChI is InChI=1S/C21H22ClF4N5O/c1-11(9-30-12(2)7-18(29-30)21(24,25)26)20(32)27-19-13(3)28-31(14(19)4)10-15-5-6-16(23)8-17(15)22/h5-8,11H,9-10H2,1-4H3,(H,27,32). The molecule has 3 aromatic rings. The minimum atomic E-state index is -4.54. The van der Waals surface area contributed by atoms with E-state index < -0.39 is 23.6 Å². The normalized spacial score (nSPS) is 12.8. The maximum atomic E-state index is 13.3. The molecule has 1 N–H and O–H groups in total. The van der Waals surface area contributed by atoms with E-state index in [1.165, 1.54) is 23.7 Å². The number of nitrogens with zero attached hydrogens (tertiary/aromatic N) is 4. The van der Waals surface area contributed by atoms with E-state index in [-0.39, 0.29) is 24.0 Å². The van der Waals surface area contributed by atoms with E-state index in [0.29, 0.717) is 28.3 Å². The van der Waals surface area contributed by atoms with Gasteiger partial charge < -0.3 is 5.32 Å². The molecule has 1 amide bonds. The summed E-state index contributed by atoms with van der Waals surface area (Å²) >= 11 is 6.09. The van der Waals surface area contributed by atoms with Crippen LogP contribution in [-0.2, 0) is 24.1 Å². The zero-order valence-corrected chi connectivity index (χ0v) is 18.6. The molecule has 2 aromatic heterocycles. The fourth-order valence-electron chi connectivity index (χ4n) is 3.27. The molecule has 11 heteroatoms. The first-order chi connectivity index (χ1) is 14.9. The van der Waals surface area contributed by atoms with Crippen molar-refractivity contribution < 1.29 is 22.4 Å². The van der Waals surface area contributed by atoms with Gasteiger partial charge in [-0.05, 0) is 44.5 Å². The molecule has 0 bridgehead atoms. The number of hydrogen-bond donors (Lipinski definition) is 1. The van der Waals surface area contributed by atoms with Gasteiger partial charge in [0.05, 0.1) is 36.1 Å². The maximum absolute atomic E-state index is 13.3. The number of nitrogens with one attached hydrogen (secondary N) is 1. The number of aromatic nitrogens is 4. The summed E-state index contributed by atoms with van der Waals surface area (Å²) in [6.07, 6.45) is -4.54. The van der Waals surface area contributed by atoms with E-state index in [2.05, 4.69) is 15.5 Å². The van der Waals surface area contributed by atoms with Crippen molar-refractivity contribution in [2.24, 2.45) is 5.92 Å². The van der Waals surface area contributed by atoms with Gasteiger partial charge in [0, 0.05) is 10.7 Å². The Morgan fingerprint density at radius 3 is 2.44 bits per heavy atom. The number of amides is 1. The minimum absolute atomic E-state index is 0.00876. The number of halogens is 5. The van der Waals surface area contributed by atoms with Crippen molar-refractivity contribution in [1.82, 2.24) is 19.6 Å². The summed E-state index contributed by atoms with van der Waals surface area (Å²) in [5.41, 5.74) is 1.73. The third-order valence-corrected chi connectivity index (χ3v) is 5.48. The highest BCUT2D eigenvalue weighted by Gasteiger charge is 2.34. The van der Waals surface area contributed by atoms with Crippen LogP contribution in [0.5, 0.6) is 0 Å². The van der Waals surface area contributed by atoms with Crippen LogP contribution >= 0.6 is 11.6 Å². The quantitative estimate of drug-likeness (QED) is 0.506. The van der Waals surface area contributed by atoms with Crippen LogP contribution in [0.2, 0.25) is 5.02 Å². The molecular formula is C21H22ClF4N5O. The molecular weight excluding hydrogens is 450 g/mol. The maximum Gasteiger partial charge on any atom is 0.435 e. The molecule has 1 unspecified atom stereocenters. The summed E-state index contributed by atoms with van der Waals surface area (Å²) in [6.45, 7) is 6.88. The van der Waals surface area contributed by atoms with Gasteiger partial charge in [-0.1, -0.05) is 24.6 Å². The van der Waals surface area contributed by atoms with Gasteiger partial charge in [0.1, 0.15) is 5.82 Å². The second-order valence-corrected chi connectivity index (χ2v) is 8.09. The van der Waals surface area contributed by atoms with Gasteiger partial charge in [0.2, 0.25) is 5.91 Å². The zero-order chi connectivity index (χ0) is 23.8. The van der Waals surface area contributed by atoms with Crippen molar-refractivity contribution in [2.75, 3.05) is 5.32 Å². The Balaban J connectivity index is 1.73. The molecule has 0 radical (unpaired) electrons. The Kier molecular flexibility index (Phi) is 6.64. The van der Waals surface area contributed by atoms with Crippen LogP contribution in [0, 0.1) is 32.5 Å². The third-order valence-electron chi connectivity index (χ3n) is 5.13. The second-order valence-electron chi connectivity index (χ2n) is 7.68. The topological polar surface area (TPSA) is 64.7 Å². The number of benzene rings is 1. The van der Waals surface area contributed by atoms with E-state index in [0.717, 1.165) is 6.07 Å². The molecule has 1 atom stereocenters. The molecule has 32 heavy (non-hydrogen) atoms. The van der Waals surface area contributed by atoms with Crippen LogP contribution in [0.1, 0.15) is 35.3 Å². The Labute approximate surface area is 187 Å². The van der Waals surface area contributed by atoms with Crippen molar-refractivity contribution in [3.63, 3.8) is 0 Å². The lowest BCUT2D eigenvalue weighted by atomic mass is 10.1. The van der Waals surface area contributed by atoms with E-state index in [1.54, 1.807) is 31.5 Å². The van der Waals surface area contributed by atoms with Crippen molar-refractivity contribution >= 4 is 23.2 Å². The van der Waals surface area contributed by atoms with Gasteiger partial charge in [-0.25, -0.2) is 4.39 Å². The molecule has 0 spiro atoms. The highest BCUT2D eigenvalue weighted by Crippen LogP contribution is 2.29. The average Bonchev–Trinajstić information content (AvgIpc) is 3.18. The number of hydrogen-bond acceptors (Lipinski definition) is 3. The van der Waals surface area contributed by atoms with Gasteiger partial charge >= 0.3 is 6.18 Å². The lowest BCUT2D eigenvalue weighted by molar-refractivity contribution is -0.141. The van der Waals surface area contributed by atoms with Crippen LogP contribution in [0.4, 0.5) is 23.2 Å². The number of alkyl halides is 3. The molecule has 3 rings (SSSR count). The fraction of sp³-hybridized carbons (Fsp3) is 0.381. The molecule has 0 saturated carbocycles. The third kappa shape index (κ3) is 5.12. The average molecular weight is 472 g/mol. The summed E-state index contributed by atoms with van der Waals surface area (Å²) < 4.78 is 54.7. The van der Waals surface area contributed by atoms with Gasteiger partial charge in [-0.3, -0.25) is 14.2 Å². The van der Waals surface area contributed by atoms with Crippen molar-refractivity contribution in [3.8, 4) is 0 Å². The number of carbonyl (C=O) groups excluding carboxylic acids is 1. The molecule has 2 heterocycles. The summed E-state index contributed by atoms with van der Waals surface area (Å²) in [6, 6.07) is 5.03. The molecule has 0 aliphatic rings. The molecule has 0 saturated heterocycles. The first-order valence-corrected chi connectivity index (χ1v) is 10.1. The highest BCUT2D eigenvalue weighted by atomic mass is 35.5. The summed E-state index contributed by atoms with van der Waals surface area (Å²) in [5, 5.41) is 11.1. The van der Waals surface area contributed by atoms with Crippen LogP contribution in [0.3, 0.4) is 0 Å². The Hall–Kier alpha value is -2.88. The largest absolute Gasteiger partial charge is 0.435 e. The van der Waals surface area contributed by atoms with Gasteiger partial charge in [0.25, 0.3) is 0 Å². The summed E-state index contributed by atoms with van der Waals surface area (Å²) in [5.74, 6) is -1.47. The number of rotatable bonds is 6. The molecule has 0 aliphatic heterocycles. The van der Waals surface area contributed by atoms with E-state index in [4.69, 9.17) is 11.6 Å². The van der Waals surface area contributed by atoms with E-state index in [9.17, 15) is 22.4 Å². The first-order valence-electron chi connectivity index (χ1n) is 9.77. The van der Waals surface area contributed by atoms with Crippen LogP contribution in [0.25, 0.3) is 0 Å². The monoisotopic (exact) mass is 471 g/mol. The lowest BCUT2D eigenvalue weighted by Gasteiger charge is -2.14. The van der Waals surface area contributed by atoms with Gasteiger partial charge in [-0.2, -0.15) is 23.4 Å². The van der Waals surface area contributed by atoms with Crippen LogP contribution in [0.15, 0.2) is 24.3 Å². The highest BCUT2D eigenvalue weighted by molar-refractivity contribution is 6.31.